The quantitative estimate of drug-likeness (QED) is 0.386. The Morgan fingerprint density at radius 2 is 1.17 bits per heavy atom. The van der Waals surface area contributed by atoms with Crippen LogP contribution in [0.5, 0.6) is 0 Å². The number of halogens is 1. The van der Waals surface area contributed by atoms with E-state index in [0.717, 1.165) is 27.8 Å². The van der Waals surface area contributed by atoms with Crippen LogP contribution in [0, 0.1) is 0 Å². The number of nitrogens with zero attached hydrogens (tertiary/aromatic N) is 3. The number of hydrogen-bond acceptors (Lipinski definition) is 2. The predicted molar refractivity (Wildman–Crippen MR) is 98.9 cm³/mol. The van der Waals surface area contributed by atoms with Gasteiger partial charge < -0.3 is 0 Å². The summed E-state index contributed by atoms with van der Waals surface area (Å²) in [4.78, 5) is 8.91. The topological polar surface area (TPSA) is 30.7 Å². The van der Waals surface area contributed by atoms with Gasteiger partial charge >= 0.3 is 0 Å². The van der Waals surface area contributed by atoms with Crippen molar-refractivity contribution < 1.29 is 0 Å². The Balaban J connectivity index is 2.03. The predicted octanol–water partition coefficient (Wildman–Crippen LogP) is 5.38. The van der Waals surface area contributed by atoms with Gasteiger partial charge in [-0.3, -0.25) is 4.57 Å². The summed E-state index contributed by atoms with van der Waals surface area (Å²) in [5.41, 5.74) is 3.06. The molecule has 3 nitrogen and oxygen atoms in total. The Morgan fingerprint density at radius 1 is 0.625 bits per heavy atom. The average Bonchev–Trinajstić information content (AvgIpc) is 2.95. The summed E-state index contributed by atoms with van der Waals surface area (Å²) in [5.74, 6) is 0.808. The Morgan fingerprint density at radius 3 is 1.83 bits per heavy atom. The lowest BCUT2D eigenvalue weighted by Gasteiger charge is -2.10. The molecular formula is C20H12ClN3. The van der Waals surface area contributed by atoms with Crippen molar-refractivity contribution in [3.05, 3.63) is 78.1 Å². The van der Waals surface area contributed by atoms with Crippen LogP contribution in [0.15, 0.2) is 72.8 Å². The summed E-state index contributed by atoms with van der Waals surface area (Å²) in [6.45, 7) is 0. The summed E-state index contributed by atoms with van der Waals surface area (Å²) in [6.07, 6.45) is 0. The molecule has 0 aliphatic carbocycles. The second-order valence-electron chi connectivity index (χ2n) is 5.70. The standard InChI is InChI=1S/C20H12ClN3/c21-20-22-16-10-4-1-9-15(16)19(23-20)24-17-11-5-2-7-13(17)14-8-3-6-12-18(14)24/h1-12H. The molecule has 0 amide bonds. The summed E-state index contributed by atoms with van der Waals surface area (Å²) >= 11 is 6.21. The fourth-order valence-electron chi connectivity index (χ4n) is 3.35. The minimum Gasteiger partial charge on any atom is -0.293 e. The first-order valence-electron chi connectivity index (χ1n) is 7.74. The molecule has 2 aromatic heterocycles. The molecule has 0 radical (unpaired) electrons. The maximum atomic E-state index is 6.21. The fraction of sp³-hybridized carbons (Fsp3) is 0. The molecule has 0 N–H and O–H groups in total. The third kappa shape index (κ3) is 1.85. The first kappa shape index (κ1) is 13.5. The third-order valence-corrected chi connectivity index (χ3v) is 4.52. The lowest BCUT2D eigenvalue weighted by atomic mass is 10.2. The number of para-hydroxylation sites is 3. The van der Waals surface area contributed by atoms with Gasteiger partial charge in [0.25, 0.3) is 0 Å². The van der Waals surface area contributed by atoms with E-state index in [-0.39, 0.29) is 5.28 Å². The maximum absolute atomic E-state index is 6.21. The van der Waals surface area contributed by atoms with E-state index >= 15 is 0 Å². The molecular weight excluding hydrogens is 318 g/mol. The summed E-state index contributed by atoms with van der Waals surface area (Å²) < 4.78 is 2.17. The minimum absolute atomic E-state index is 0.255. The summed E-state index contributed by atoms with van der Waals surface area (Å²) in [6, 6.07) is 24.7. The lowest BCUT2D eigenvalue weighted by Crippen LogP contribution is -2.00. The van der Waals surface area contributed by atoms with Gasteiger partial charge in [0.05, 0.1) is 16.6 Å². The molecule has 2 heterocycles. The van der Waals surface area contributed by atoms with Crippen LogP contribution in [0.25, 0.3) is 38.5 Å². The van der Waals surface area contributed by atoms with Crippen LogP contribution in [0.2, 0.25) is 5.28 Å². The van der Waals surface area contributed by atoms with Crippen molar-refractivity contribution in [3.8, 4) is 5.82 Å². The first-order chi connectivity index (χ1) is 11.8. The molecule has 0 atom stereocenters. The number of benzene rings is 3. The summed E-state index contributed by atoms with van der Waals surface area (Å²) in [5, 5.41) is 3.64. The molecule has 0 bridgehead atoms. The van der Waals surface area contributed by atoms with Crippen LogP contribution in [0.1, 0.15) is 0 Å². The van der Waals surface area contributed by atoms with E-state index in [2.05, 4.69) is 50.9 Å². The van der Waals surface area contributed by atoms with Crippen molar-refractivity contribution in [3.63, 3.8) is 0 Å². The zero-order valence-electron chi connectivity index (χ0n) is 12.6. The Bertz CT molecular complexity index is 1170. The molecule has 24 heavy (non-hydrogen) atoms. The molecule has 0 aliphatic heterocycles. The monoisotopic (exact) mass is 329 g/mol. The second-order valence-corrected chi connectivity index (χ2v) is 6.04. The van der Waals surface area contributed by atoms with Crippen molar-refractivity contribution in [2.75, 3.05) is 0 Å². The fourth-order valence-corrected chi connectivity index (χ4v) is 3.52. The van der Waals surface area contributed by atoms with Gasteiger partial charge in [0, 0.05) is 16.2 Å². The normalized spacial score (nSPS) is 11.5. The van der Waals surface area contributed by atoms with E-state index in [0.29, 0.717) is 0 Å². The van der Waals surface area contributed by atoms with Crippen LogP contribution in [0.3, 0.4) is 0 Å². The molecule has 5 rings (SSSR count). The van der Waals surface area contributed by atoms with Crippen LogP contribution < -0.4 is 0 Å². The van der Waals surface area contributed by atoms with E-state index in [9.17, 15) is 0 Å². The van der Waals surface area contributed by atoms with Crippen LogP contribution >= 0.6 is 11.6 Å². The smallest absolute Gasteiger partial charge is 0.224 e. The van der Waals surface area contributed by atoms with E-state index in [4.69, 9.17) is 11.6 Å². The highest BCUT2D eigenvalue weighted by atomic mass is 35.5. The van der Waals surface area contributed by atoms with Crippen molar-refractivity contribution in [1.82, 2.24) is 14.5 Å². The van der Waals surface area contributed by atoms with Crippen LogP contribution in [0.4, 0.5) is 0 Å². The minimum atomic E-state index is 0.255. The number of hydrogen-bond donors (Lipinski definition) is 0. The summed E-state index contributed by atoms with van der Waals surface area (Å²) in [7, 11) is 0. The number of fused-ring (bicyclic) bond motifs is 4. The molecule has 0 fully saturated rings. The molecule has 5 aromatic rings. The van der Waals surface area contributed by atoms with Crippen molar-refractivity contribution >= 4 is 44.3 Å². The SMILES string of the molecule is Clc1nc(-n2c3ccccc3c3ccccc32)c2ccccc2n1. The van der Waals surface area contributed by atoms with E-state index in [1.54, 1.807) is 0 Å². The van der Waals surface area contributed by atoms with Crippen molar-refractivity contribution in [2.24, 2.45) is 0 Å². The van der Waals surface area contributed by atoms with E-state index in [1.807, 2.05) is 36.4 Å². The number of rotatable bonds is 1. The van der Waals surface area contributed by atoms with E-state index in [1.165, 1.54) is 10.8 Å². The van der Waals surface area contributed by atoms with Crippen molar-refractivity contribution in [2.45, 2.75) is 0 Å². The van der Waals surface area contributed by atoms with E-state index < -0.39 is 0 Å². The highest BCUT2D eigenvalue weighted by Crippen LogP contribution is 2.33. The molecule has 0 saturated heterocycles. The zero-order chi connectivity index (χ0) is 16.1. The molecule has 4 heteroatoms. The van der Waals surface area contributed by atoms with Crippen molar-refractivity contribution in [1.29, 1.82) is 0 Å². The van der Waals surface area contributed by atoms with Gasteiger partial charge in [0.1, 0.15) is 0 Å². The largest absolute Gasteiger partial charge is 0.293 e. The van der Waals surface area contributed by atoms with Gasteiger partial charge in [-0.05, 0) is 35.9 Å². The highest BCUT2D eigenvalue weighted by Gasteiger charge is 2.15. The van der Waals surface area contributed by atoms with Gasteiger partial charge in [-0.15, -0.1) is 0 Å². The van der Waals surface area contributed by atoms with Gasteiger partial charge in [-0.25, -0.2) is 4.98 Å². The van der Waals surface area contributed by atoms with Gasteiger partial charge in [0.15, 0.2) is 5.82 Å². The molecule has 0 unspecified atom stereocenters. The molecule has 114 valence electrons. The maximum Gasteiger partial charge on any atom is 0.224 e. The van der Waals surface area contributed by atoms with Crippen LogP contribution in [-0.4, -0.2) is 14.5 Å². The zero-order valence-corrected chi connectivity index (χ0v) is 13.4. The van der Waals surface area contributed by atoms with Gasteiger partial charge in [0.2, 0.25) is 5.28 Å². The number of aromatic nitrogens is 3. The first-order valence-corrected chi connectivity index (χ1v) is 8.11. The molecule has 3 aromatic carbocycles. The third-order valence-electron chi connectivity index (χ3n) is 4.35. The Kier molecular flexibility index (Phi) is 2.84. The molecule has 0 saturated carbocycles. The highest BCUT2D eigenvalue weighted by molar-refractivity contribution is 6.28. The second kappa shape index (κ2) is 5.05. The Hall–Kier alpha value is -2.91. The van der Waals surface area contributed by atoms with Crippen LogP contribution in [-0.2, 0) is 0 Å². The Labute approximate surface area is 143 Å². The lowest BCUT2D eigenvalue weighted by molar-refractivity contribution is 1.07. The van der Waals surface area contributed by atoms with Gasteiger partial charge in [-0.1, -0.05) is 48.5 Å². The average molecular weight is 330 g/mol. The molecule has 0 spiro atoms. The van der Waals surface area contributed by atoms with Gasteiger partial charge in [-0.2, -0.15) is 4.98 Å². The molecule has 0 aliphatic rings.